The van der Waals surface area contributed by atoms with Crippen molar-refractivity contribution in [1.29, 1.82) is 0 Å². The number of halogens is 1. The maximum atomic E-state index is 5.40. The number of hydrogen-bond acceptors (Lipinski definition) is 5. The first-order valence-corrected chi connectivity index (χ1v) is 10.5. The second-order valence-electron chi connectivity index (χ2n) is 7.29. The molecular formula is C23H34IN5O2. The van der Waals surface area contributed by atoms with Gasteiger partial charge in [0.15, 0.2) is 5.96 Å². The van der Waals surface area contributed by atoms with Crippen LogP contribution >= 0.6 is 24.0 Å². The van der Waals surface area contributed by atoms with Gasteiger partial charge in [0.1, 0.15) is 11.5 Å². The van der Waals surface area contributed by atoms with Gasteiger partial charge in [-0.1, -0.05) is 18.2 Å². The van der Waals surface area contributed by atoms with Crippen LogP contribution in [0.1, 0.15) is 12.8 Å². The van der Waals surface area contributed by atoms with Crippen molar-refractivity contribution in [3.05, 3.63) is 48.5 Å². The van der Waals surface area contributed by atoms with Gasteiger partial charge in [-0.05, 0) is 25.0 Å². The summed E-state index contributed by atoms with van der Waals surface area (Å²) < 4.78 is 10.8. The van der Waals surface area contributed by atoms with Crippen molar-refractivity contribution in [1.82, 2.24) is 10.6 Å². The Balaban J connectivity index is 0.00000341. The molecule has 0 saturated carbocycles. The molecule has 1 fully saturated rings. The molecule has 1 unspecified atom stereocenters. The Morgan fingerprint density at radius 3 is 2.42 bits per heavy atom. The third kappa shape index (κ3) is 7.68. The van der Waals surface area contributed by atoms with E-state index in [2.05, 4.69) is 50.1 Å². The van der Waals surface area contributed by atoms with Gasteiger partial charge in [0.25, 0.3) is 0 Å². The van der Waals surface area contributed by atoms with Crippen LogP contribution in [0.3, 0.4) is 0 Å². The van der Waals surface area contributed by atoms with Crippen LogP contribution in [0.5, 0.6) is 11.5 Å². The number of nitrogens with zero attached hydrogens (tertiary/aromatic N) is 2. The number of anilines is 2. The highest BCUT2D eigenvalue weighted by molar-refractivity contribution is 14.0. The van der Waals surface area contributed by atoms with Gasteiger partial charge in [-0.25, -0.2) is 0 Å². The summed E-state index contributed by atoms with van der Waals surface area (Å²) in [6, 6.07) is 16.6. The summed E-state index contributed by atoms with van der Waals surface area (Å²) >= 11 is 0. The molecule has 7 nitrogen and oxygen atoms in total. The summed E-state index contributed by atoms with van der Waals surface area (Å²) in [5.74, 6) is 2.47. The van der Waals surface area contributed by atoms with Crippen LogP contribution in [0.4, 0.5) is 11.4 Å². The first-order chi connectivity index (χ1) is 14.7. The van der Waals surface area contributed by atoms with Crippen molar-refractivity contribution < 1.29 is 9.47 Å². The smallest absolute Gasteiger partial charge is 0.191 e. The average Bonchev–Trinajstić information content (AvgIpc) is 3.27. The maximum absolute atomic E-state index is 5.40. The normalized spacial score (nSPS) is 15.8. The minimum Gasteiger partial charge on any atom is -0.497 e. The number of hydrogen-bond donors (Lipinski definition) is 3. The number of para-hydroxylation sites is 1. The first kappa shape index (κ1) is 24.9. The average molecular weight is 539 g/mol. The Hall–Kier alpha value is -2.36. The largest absolute Gasteiger partial charge is 0.497 e. The van der Waals surface area contributed by atoms with Crippen LogP contribution in [-0.2, 0) is 0 Å². The third-order valence-corrected chi connectivity index (χ3v) is 5.20. The summed E-state index contributed by atoms with van der Waals surface area (Å²) in [5, 5.41) is 10.4. The molecular weight excluding hydrogens is 505 g/mol. The highest BCUT2D eigenvalue weighted by Crippen LogP contribution is 2.30. The topological polar surface area (TPSA) is 70.2 Å². The Morgan fingerprint density at radius 1 is 1.06 bits per heavy atom. The van der Waals surface area contributed by atoms with Crippen LogP contribution in [0.2, 0.25) is 0 Å². The number of ether oxygens (including phenoxy) is 2. The van der Waals surface area contributed by atoms with E-state index in [0.29, 0.717) is 6.04 Å². The molecule has 1 saturated heterocycles. The zero-order valence-corrected chi connectivity index (χ0v) is 20.9. The Labute approximate surface area is 202 Å². The second-order valence-corrected chi connectivity index (χ2v) is 7.29. The number of methoxy groups -OCH3 is 2. The molecule has 31 heavy (non-hydrogen) atoms. The highest BCUT2D eigenvalue weighted by Gasteiger charge is 2.24. The second kappa shape index (κ2) is 13.1. The lowest BCUT2D eigenvalue weighted by atomic mass is 10.2. The summed E-state index contributed by atoms with van der Waals surface area (Å²) in [4.78, 5) is 6.72. The lowest BCUT2D eigenvalue weighted by molar-refractivity contribution is 0.394. The number of benzene rings is 2. The Bertz CT molecular complexity index is 797. The van der Waals surface area contributed by atoms with E-state index in [1.807, 2.05) is 31.3 Å². The van der Waals surface area contributed by atoms with E-state index in [0.717, 1.165) is 67.9 Å². The highest BCUT2D eigenvalue weighted by atomic mass is 127. The summed E-state index contributed by atoms with van der Waals surface area (Å²) in [5.41, 5.74) is 2.27. The zero-order valence-electron chi connectivity index (χ0n) is 18.6. The molecule has 0 radical (unpaired) electrons. The number of nitrogens with one attached hydrogen (secondary N) is 3. The Kier molecular flexibility index (Phi) is 10.6. The molecule has 3 N–H and O–H groups in total. The van der Waals surface area contributed by atoms with Crippen LogP contribution in [0, 0.1) is 0 Å². The van der Waals surface area contributed by atoms with Crippen molar-refractivity contribution in [3.8, 4) is 11.5 Å². The number of rotatable bonds is 9. The van der Waals surface area contributed by atoms with Crippen LogP contribution in [-0.4, -0.2) is 59.4 Å². The summed E-state index contributed by atoms with van der Waals surface area (Å²) in [6.07, 6.45) is 2.06. The van der Waals surface area contributed by atoms with Gasteiger partial charge in [-0.2, -0.15) is 0 Å². The monoisotopic (exact) mass is 539 g/mol. The van der Waals surface area contributed by atoms with Crippen molar-refractivity contribution >= 4 is 41.3 Å². The van der Waals surface area contributed by atoms with Crippen molar-refractivity contribution in [2.45, 2.75) is 18.9 Å². The molecule has 0 aliphatic carbocycles. The van der Waals surface area contributed by atoms with E-state index < -0.39 is 0 Å². The molecule has 8 heteroatoms. The summed E-state index contributed by atoms with van der Waals surface area (Å²) in [7, 11) is 5.17. The molecule has 1 aliphatic rings. The minimum absolute atomic E-state index is 0. The van der Waals surface area contributed by atoms with Crippen LogP contribution in [0.25, 0.3) is 0 Å². The predicted octanol–water partition coefficient (Wildman–Crippen LogP) is 3.57. The molecule has 0 amide bonds. The van der Waals surface area contributed by atoms with Crippen molar-refractivity contribution in [2.75, 3.05) is 57.7 Å². The fourth-order valence-corrected chi connectivity index (χ4v) is 3.56. The first-order valence-electron chi connectivity index (χ1n) is 10.5. The van der Waals surface area contributed by atoms with E-state index >= 15 is 0 Å². The quantitative estimate of drug-likeness (QED) is 0.196. The van der Waals surface area contributed by atoms with E-state index in [4.69, 9.17) is 9.47 Å². The van der Waals surface area contributed by atoms with Crippen molar-refractivity contribution in [3.63, 3.8) is 0 Å². The van der Waals surface area contributed by atoms with Gasteiger partial charge in [0.2, 0.25) is 0 Å². The Morgan fingerprint density at radius 2 is 1.77 bits per heavy atom. The van der Waals surface area contributed by atoms with E-state index in [-0.39, 0.29) is 24.0 Å². The van der Waals surface area contributed by atoms with E-state index in [1.54, 1.807) is 14.2 Å². The summed E-state index contributed by atoms with van der Waals surface area (Å²) in [6.45, 7) is 3.67. The van der Waals surface area contributed by atoms with Gasteiger partial charge in [0.05, 0.1) is 14.2 Å². The molecule has 170 valence electrons. The molecule has 0 spiro atoms. The SMILES string of the molecule is CN=C(NCCCNc1ccccc1)NC1CCN(c2cc(OC)cc(OC)c2)C1.I. The standard InChI is InChI=1S/C23H33N5O2.HI/c1-24-23(26-12-7-11-25-18-8-5-4-6-9-18)27-19-10-13-28(17-19)20-14-21(29-2)16-22(15-20)30-3;/h4-6,8-9,14-16,19,25H,7,10-13,17H2,1-3H3,(H2,24,26,27);1H. The molecule has 1 atom stereocenters. The fourth-order valence-electron chi connectivity index (χ4n) is 3.56. The molecule has 0 aromatic heterocycles. The predicted molar refractivity (Wildman–Crippen MR) is 140 cm³/mol. The maximum Gasteiger partial charge on any atom is 0.191 e. The molecule has 1 heterocycles. The van der Waals surface area contributed by atoms with Crippen LogP contribution < -0.4 is 30.3 Å². The van der Waals surface area contributed by atoms with Gasteiger partial charge in [-0.3, -0.25) is 4.99 Å². The number of guanidine groups is 1. The molecule has 1 aliphatic heterocycles. The lowest BCUT2D eigenvalue weighted by Gasteiger charge is -2.21. The fraction of sp³-hybridized carbons (Fsp3) is 0.435. The van der Waals surface area contributed by atoms with E-state index in [9.17, 15) is 0 Å². The van der Waals surface area contributed by atoms with Crippen molar-refractivity contribution in [2.24, 2.45) is 4.99 Å². The molecule has 2 aromatic carbocycles. The lowest BCUT2D eigenvalue weighted by Crippen LogP contribution is -2.45. The van der Waals surface area contributed by atoms with Gasteiger partial charge in [-0.15, -0.1) is 24.0 Å². The zero-order chi connectivity index (χ0) is 21.2. The van der Waals surface area contributed by atoms with E-state index in [1.165, 1.54) is 0 Å². The van der Waals surface area contributed by atoms with Gasteiger partial charge in [0, 0.05) is 68.8 Å². The number of aliphatic imine (C=N–C) groups is 1. The molecule has 2 aromatic rings. The van der Waals surface area contributed by atoms with Gasteiger partial charge < -0.3 is 30.3 Å². The minimum atomic E-state index is 0. The molecule has 3 rings (SSSR count). The third-order valence-electron chi connectivity index (χ3n) is 5.20. The molecule has 0 bridgehead atoms. The van der Waals surface area contributed by atoms with Crippen LogP contribution in [0.15, 0.2) is 53.5 Å². The van der Waals surface area contributed by atoms with Gasteiger partial charge >= 0.3 is 0 Å².